The van der Waals surface area contributed by atoms with Crippen LogP contribution >= 0.6 is 22.6 Å². The second kappa shape index (κ2) is 30.8. The van der Waals surface area contributed by atoms with Gasteiger partial charge in [-0.25, -0.2) is 0 Å². The molecule has 0 aromatic carbocycles. The van der Waals surface area contributed by atoms with Gasteiger partial charge in [-0.2, -0.15) is 0 Å². The van der Waals surface area contributed by atoms with E-state index in [1.54, 1.807) is 7.11 Å². The Morgan fingerprint density at radius 2 is 1.18 bits per heavy atom. The quantitative estimate of drug-likeness (QED) is 0.0318. The van der Waals surface area contributed by atoms with E-state index in [0.29, 0.717) is 38.7 Å². The van der Waals surface area contributed by atoms with E-state index in [9.17, 15) is 4.79 Å². The summed E-state index contributed by atoms with van der Waals surface area (Å²) in [4.78, 5) is 26.6. The molecule has 5 heterocycles. The number of rotatable bonds is 28. The summed E-state index contributed by atoms with van der Waals surface area (Å²) >= 11 is 2.32. The highest BCUT2D eigenvalue weighted by Crippen LogP contribution is 2.50. The van der Waals surface area contributed by atoms with Crippen molar-refractivity contribution in [3.63, 3.8) is 0 Å². The van der Waals surface area contributed by atoms with E-state index in [4.69, 9.17) is 50.6 Å². The lowest BCUT2D eigenvalue weighted by Crippen LogP contribution is -2.69. The number of Topliss-reactive ketones (excluding diaryl/α,β-unsaturated/α-hetero) is 1. The highest BCUT2D eigenvalue weighted by Gasteiger charge is 2.59. The number of halogens is 1. The second-order valence-electron chi connectivity index (χ2n) is 35.2. The number of fused-ring (bicyclic) bond motifs is 1. The predicted octanol–water partition coefficient (Wildman–Crippen LogP) is 18.2. The minimum atomic E-state index is -2.50. The Morgan fingerprint density at radius 1 is 0.629 bits per heavy atom. The van der Waals surface area contributed by atoms with Crippen LogP contribution < -0.4 is 0 Å². The zero-order chi connectivity index (χ0) is 67.6. The number of ether oxygens (including phenoxy) is 6. The van der Waals surface area contributed by atoms with E-state index in [-0.39, 0.29) is 117 Å². The van der Waals surface area contributed by atoms with Crippen LogP contribution in [0.4, 0.5) is 0 Å². The van der Waals surface area contributed by atoms with E-state index in [0.717, 1.165) is 49.5 Å². The number of carbonyl (C=O) groups excluding carboxylic acids is 2. The number of hydrogen-bond donors (Lipinski definition) is 0. The summed E-state index contributed by atoms with van der Waals surface area (Å²) in [5, 5.41) is -0.270. The largest absolute Gasteiger partial charge is 0.414 e. The van der Waals surface area contributed by atoms with E-state index in [2.05, 4.69) is 222 Å². The van der Waals surface area contributed by atoms with Crippen molar-refractivity contribution < 1.29 is 60.1 Å². The summed E-state index contributed by atoms with van der Waals surface area (Å²) in [6.07, 6.45) is 5.88. The molecule has 5 fully saturated rings. The average Bonchev–Trinajstić information content (AvgIpc) is 1.32. The van der Waals surface area contributed by atoms with Gasteiger partial charge in [0.2, 0.25) is 0 Å². The Bertz CT molecular complexity index is 2360. The summed E-state index contributed by atoms with van der Waals surface area (Å²) < 4.78 is 81.7. The Balaban J connectivity index is 1.51. The molecule has 17 atom stereocenters. The van der Waals surface area contributed by atoms with Gasteiger partial charge in [-0.05, 0) is 163 Å². The average molecular weight is 1450 g/mol. The van der Waals surface area contributed by atoms with E-state index in [1.807, 2.05) is 0 Å². The maximum atomic E-state index is 15.4. The first-order valence-corrected chi connectivity index (χ1v) is 50.0. The monoisotopic (exact) mass is 1450 g/mol. The Morgan fingerprint density at radius 3 is 1.72 bits per heavy atom. The van der Waals surface area contributed by atoms with Crippen LogP contribution in [0.3, 0.4) is 0 Å². The van der Waals surface area contributed by atoms with Crippen molar-refractivity contribution in [2.75, 3.05) is 13.7 Å². The number of aldehydes is 1. The van der Waals surface area contributed by atoms with Crippen LogP contribution in [0.1, 0.15) is 188 Å². The molecule has 0 amide bonds. The molecule has 89 heavy (non-hydrogen) atoms. The molecule has 516 valence electrons. The summed E-state index contributed by atoms with van der Waals surface area (Å²) in [6.45, 7) is 69.2. The van der Waals surface area contributed by atoms with Crippen LogP contribution in [0.5, 0.6) is 0 Å². The molecule has 0 N–H and O–H groups in total. The lowest BCUT2D eigenvalue weighted by molar-refractivity contribution is -0.266. The van der Waals surface area contributed by atoms with Crippen LogP contribution in [-0.2, 0) is 60.1 Å². The van der Waals surface area contributed by atoms with Crippen molar-refractivity contribution in [1.29, 1.82) is 0 Å². The molecule has 13 nitrogen and oxygen atoms in total. The topological polar surface area (TPSA) is 136 Å². The normalized spacial score (nSPS) is 31.8. The Labute approximate surface area is 562 Å². The highest BCUT2D eigenvalue weighted by atomic mass is 127. The molecule has 0 saturated carbocycles. The number of methoxy groups -OCH3 is 1. The van der Waals surface area contributed by atoms with Crippen molar-refractivity contribution in [2.45, 2.75) is 370 Å². The molecular formula is C70H131IO13Si5. The summed E-state index contributed by atoms with van der Waals surface area (Å²) in [7, 11) is -10.0. The lowest BCUT2D eigenvalue weighted by atomic mass is 9.81. The van der Waals surface area contributed by atoms with Gasteiger partial charge < -0.3 is 55.3 Å². The van der Waals surface area contributed by atoms with Gasteiger partial charge in [0.25, 0.3) is 0 Å². The van der Waals surface area contributed by atoms with Crippen LogP contribution in [-0.4, -0.2) is 159 Å². The third-order valence-corrected chi connectivity index (χ3v) is 46.1. The zero-order valence-electron chi connectivity index (χ0n) is 61.3. The lowest BCUT2D eigenvalue weighted by Gasteiger charge is -2.56. The SMILES string of the molecule is C=C1C[C@H](CCC=O)O[C@H]1CC[C@H]1C[C@@H](C)C(=C)[C@@H](C[C@@H]2O[C@H](C[C@@H](CO[Si](C)(C)C(C)(C)C)O[Si](C)(C)C(C)(C)C)[C@H](OC)[C@H]2CC(=O)C[C@H]2CC[C@@H]3O[C@@H](C(/C=C/I)O[Si](C)(C)C(C)(C)C)C(O[Si](C)(C)C(C)(C)C)C(O[Si](C)(C)C(C)(C)C)[C@H]3O2)O1. The van der Waals surface area contributed by atoms with Gasteiger partial charge in [0.1, 0.15) is 36.5 Å². The maximum Gasteiger partial charge on any atom is 0.193 e. The summed E-state index contributed by atoms with van der Waals surface area (Å²) in [6, 6.07) is 0. The molecule has 0 spiro atoms. The van der Waals surface area contributed by atoms with Gasteiger partial charge in [0.05, 0.1) is 73.8 Å². The third kappa shape index (κ3) is 20.5. The van der Waals surface area contributed by atoms with Gasteiger partial charge in [-0.3, -0.25) is 4.79 Å². The van der Waals surface area contributed by atoms with Gasteiger partial charge in [0.15, 0.2) is 41.6 Å². The molecule has 0 aromatic heterocycles. The predicted molar refractivity (Wildman–Crippen MR) is 386 cm³/mol. The molecule has 5 aliphatic rings. The van der Waals surface area contributed by atoms with Crippen molar-refractivity contribution in [3.05, 3.63) is 34.5 Å². The minimum absolute atomic E-state index is 0.0158. The van der Waals surface area contributed by atoms with Crippen LogP contribution in [0.25, 0.3) is 0 Å². The van der Waals surface area contributed by atoms with Crippen LogP contribution in [0.2, 0.25) is 90.7 Å². The van der Waals surface area contributed by atoms with Crippen LogP contribution in [0, 0.1) is 11.8 Å². The number of ketones is 1. The van der Waals surface area contributed by atoms with Gasteiger partial charge >= 0.3 is 0 Å². The Hall–Kier alpha value is -0.0656. The summed E-state index contributed by atoms with van der Waals surface area (Å²) in [5.74, 6) is 0.0514. The molecule has 19 heteroatoms. The minimum Gasteiger partial charge on any atom is -0.414 e. The molecule has 3 unspecified atom stereocenters. The maximum absolute atomic E-state index is 15.4. The second-order valence-corrected chi connectivity index (χ2v) is 59.8. The standard InChI is InChI=1S/C70H131IO13Si5/c1-46-39-51(32-34-55-47(2)40-50(76-55)31-30-38-72)77-58(48(46)3)44-59-54(61(74-19)60(79-59)43-53(81-86(22,23)67(7,8)9)45-75-85(20,21)66(4,5)6)42-49(73)41-52-33-35-56-62(78-52)64(83-88(26,27)69(13,14)15)65(84-89(28,29)70(16,17)18)63(80-56)57(36-37-71)82-87(24,25)68(10,11)12/h36-38,46,50-65H,2-3,30-35,39-45H2,1,4-29H3/b37-36+/t46-,50+,51+,52-,53+,54+,55+,56+,57?,58-,59+,60-,61-,62+,63+,64?,65?/m1/s1. The molecule has 0 radical (unpaired) electrons. The van der Waals surface area contributed by atoms with Crippen LogP contribution in [0.15, 0.2) is 34.5 Å². The first kappa shape index (κ1) is 79.6. The van der Waals surface area contributed by atoms with Gasteiger partial charge in [-0.1, -0.05) is 147 Å². The van der Waals surface area contributed by atoms with E-state index < -0.39 is 72.1 Å². The third-order valence-electron chi connectivity index (χ3n) is 23.2. The van der Waals surface area contributed by atoms with Crippen molar-refractivity contribution in [1.82, 2.24) is 0 Å². The molecule has 0 aromatic rings. The van der Waals surface area contributed by atoms with Crippen molar-refractivity contribution in [2.24, 2.45) is 11.8 Å². The molecule has 0 bridgehead atoms. The molecule has 5 aliphatic heterocycles. The van der Waals surface area contributed by atoms with Crippen molar-refractivity contribution >= 4 is 76.2 Å². The zero-order valence-corrected chi connectivity index (χ0v) is 68.5. The first-order chi connectivity index (χ1) is 40.5. The fourth-order valence-electron chi connectivity index (χ4n) is 12.2. The summed E-state index contributed by atoms with van der Waals surface area (Å²) in [5.41, 5.74) is 2.15. The number of carbonyl (C=O) groups is 2. The van der Waals surface area contributed by atoms with Gasteiger partial charge in [-0.15, -0.1) is 0 Å². The smallest absolute Gasteiger partial charge is 0.193 e. The molecule has 5 rings (SSSR count). The van der Waals surface area contributed by atoms with Crippen molar-refractivity contribution in [3.8, 4) is 0 Å². The fraction of sp³-hybridized carbons (Fsp3) is 0.886. The van der Waals surface area contributed by atoms with E-state index in [1.165, 1.54) is 0 Å². The highest BCUT2D eigenvalue weighted by molar-refractivity contribution is 14.1. The van der Waals surface area contributed by atoms with E-state index >= 15 is 4.79 Å². The molecular weight excluding hydrogens is 1320 g/mol. The molecule has 5 saturated heterocycles. The number of hydrogen-bond acceptors (Lipinski definition) is 13. The first-order valence-electron chi connectivity index (χ1n) is 34.2. The fourth-order valence-corrected chi connectivity index (χ4v) is 18.8. The molecule has 0 aliphatic carbocycles. The van der Waals surface area contributed by atoms with Gasteiger partial charge in [0, 0.05) is 45.1 Å². The Kier molecular flexibility index (Phi) is 27.5.